The highest BCUT2D eigenvalue weighted by molar-refractivity contribution is 5.85. The Kier molecular flexibility index (Phi) is 4.88. The van der Waals surface area contributed by atoms with Crippen molar-refractivity contribution in [1.29, 1.82) is 0 Å². The summed E-state index contributed by atoms with van der Waals surface area (Å²) in [5, 5.41) is 5.97. The van der Waals surface area contributed by atoms with Crippen LogP contribution in [0.5, 0.6) is 0 Å². The highest BCUT2D eigenvalue weighted by atomic mass is 16.5. The minimum atomic E-state index is 0.179. The van der Waals surface area contributed by atoms with Gasteiger partial charge < -0.3 is 10.1 Å². The number of fused-ring (bicyclic) bond motifs is 1. The molecular weight excluding hydrogens is 236 g/mol. The third-order valence-electron chi connectivity index (χ3n) is 3.55. The highest BCUT2D eigenvalue weighted by Crippen LogP contribution is 2.28. The van der Waals surface area contributed by atoms with Crippen molar-refractivity contribution in [2.75, 3.05) is 13.7 Å². The van der Waals surface area contributed by atoms with E-state index in [0.29, 0.717) is 0 Å². The van der Waals surface area contributed by atoms with Gasteiger partial charge in [-0.1, -0.05) is 32.0 Å². The van der Waals surface area contributed by atoms with Crippen molar-refractivity contribution in [3.05, 3.63) is 42.2 Å². The Balaban J connectivity index is 2.49. The molecule has 0 spiro atoms. The summed E-state index contributed by atoms with van der Waals surface area (Å²) in [5.41, 5.74) is 1.29. The van der Waals surface area contributed by atoms with E-state index in [-0.39, 0.29) is 12.1 Å². The number of pyridine rings is 1. The maximum absolute atomic E-state index is 5.64. The zero-order chi connectivity index (χ0) is 13.7. The highest BCUT2D eigenvalue weighted by Gasteiger charge is 2.22. The van der Waals surface area contributed by atoms with Gasteiger partial charge in [0.05, 0.1) is 12.1 Å². The third kappa shape index (κ3) is 2.94. The Morgan fingerprint density at radius 3 is 2.79 bits per heavy atom. The quantitative estimate of drug-likeness (QED) is 0.863. The van der Waals surface area contributed by atoms with Crippen LogP contribution in [0.25, 0.3) is 10.8 Å². The molecule has 1 N–H and O–H groups in total. The van der Waals surface area contributed by atoms with Crippen molar-refractivity contribution in [3.63, 3.8) is 0 Å². The number of hydrogen-bond acceptors (Lipinski definition) is 3. The van der Waals surface area contributed by atoms with Crippen molar-refractivity contribution in [1.82, 2.24) is 10.3 Å². The largest absolute Gasteiger partial charge is 0.379 e. The number of nitrogens with one attached hydrogen (secondary N) is 1. The van der Waals surface area contributed by atoms with E-state index in [1.165, 1.54) is 16.3 Å². The smallest absolute Gasteiger partial charge is 0.0763 e. The Morgan fingerprint density at radius 1 is 1.26 bits per heavy atom. The van der Waals surface area contributed by atoms with Crippen LogP contribution in [0.1, 0.15) is 31.9 Å². The molecule has 2 rings (SSSR count). The molecule has 0 aliphatic carbocycles. The molecule has 0 bridgehead atoms. The topological polar surface area (TPSA) is 34.2 Å². The number of hydrogen-bond donors (Lipinski definition) is 1. The van der Waals surface area contributed by atoms with Gasteiger partial charge in [-0.2, -0.15) is 0 Å². The first-order valence-corrected chi connectivity index (χ1v) is 6.90. The van der Waals surface area contributed by atoms with Crippen LogP contribution in [-0.4, -0.2) is 24.7 Å². The monoisotopic (exact) mass is 258 g/mol. The molecule has 0 radical (unpaired) electrons. The van der Waals surface area contributed by atoms with E-state index < -0.39 is 0 Å². The Hall–Kier alpha value is -1.45. The van der Waals surface area contributed by atoms with Crippen molar-refractivity contribution >= 4 is 10.8 Å². The van der Waals surface area contributed by atoms with Crippen LogP contribution in [0.15, 0.2) is 36.7 Å². The minimum absolute atomic E-state index is 0.179. The second-order valence-electron chi connectivity index (χ2n) is 4.66. The molecule has 2 aromatic rings. The van der Waals surface area contributed by atoms with Crippen LogP contribution in [0.3, 0.4) is 0 Å². The third-order valence-corrected chi connectivity index (χ3v) is 3.55. The molecule has 19 heavy (non-hydrogen) atoms. The molecule has 0 aliphatic heterocycles. The number of benzene rings is 1. The number of likely N-dealkylation sites (N-methyl/N-ethyl adjacent to an activating group) is 1. The molecule has 1 heterocycles. The van der Waals surface area contributed by atoms with E-state index in [4.69, 9.17) is 4.74 Å². The summed E-state index contributed by atoms with van der Waals surface area (Å²) in [6.45, 7) is 5.21. The summed E-state index contributed by atoms with van der Waals surface area (Å²) in [6.07, 6.45) is 4.92. The molecule has 0 fully saturated rings. The van der Waals surface area contributed by atoms with E-state index >= 15 is 0 Å². The van der Waals surface area contributed by atoms with Crippen LogP contribution in [-0.2, 0) is 4.74 Å². The zero-order valence-electron chi connectivity index (χ0n) is 11.9. The van der Waals surface area contributed by atoms with Crippen LogP contribution in [0, 0.1) is 0 Å². The molecule has 1 aromatic heterocycles. The van der Waals surface area contributed by atoms with Gasteiger partial charge in [-0.25, -0.2) is 0 Å². The first kappa shape index (κ1) is 14.0. The molecular formula is C16H22N2O. The van der Waals surface area contributed by atoms with Gasteiger partial charge in [0.15, 0.2) is 0 Å². The summed E-state index contributed by atoms with van der Waals surface area (Å²) < 4.78 is 5.64. The minimum Gasteiger partial charge on any atom is -0.379 e. The molecule has 1 aromatic carbocycles. The zero-order valence-corrected chi connectivity index (χ0v) is 11.9. The molecule has 3 heteroatoms. The molecule has 2 atom stereocenters. The Labute approximate surface area is 115 Å². The SMILES string of the molecule is CCNC(c1cccc2cnccc12)C(CC)OC. The fourth-order valence-electron chi connectivity index (χ4n) is 2.62. The van der Waals surface area contributed by atoms with Gasteiger partial charge in [0.2, 0.25) is 0 Å². The van der Waals surface area contributed by atoms with E-state index in [1.807, 2.05) is 12.4 Å². The van der Waals surface area contributed by atoms with Crippen LogP contribution < -0.4 is 5.32 Å². The van der Waals surface area contributed by atoms with E-state index in [1.54, 1.807) is 7.11 Å². The molecule has 0 saturated heterocycles. The summed E-state index contributed by atoms with van der Waals surface area (Å²) in [7, 11) is 1.78. The van der Waals surface area contributed by atoms with Gasteiger partial charge in [-0.3, -0.25) is 4.98 Å². The second-order valence-corrected chi connectivity index (χ2v) is 4.66. The molecule has 3 nitrogen and oxygen atoms in total. The van der Waals surface area contributed by atoms with Crippen LogP contribution in [0.2, 0.25) is 0 Å². The Morgan fingerprint density at radius 2 is 2.11 bits per heavy atom. The van der Waals surface area contributed by atoms with E-state index in [9.17, 15) is 0 Å². The fraction of sp³-hybridized carbons (Fsp3) is 0.438. The average Bonchev–Trinajstić information content (AvgIpc) is 2.47. The van der Waals surface area contributed by atoms with Crippen LogP contribution >= 0.6 is 0 Å². The summed E-state index contributed by atoms with van der Waals surface area (Å²) >= 11 is 0. The van der Waals surface area contributed by atoms with Crippen molar-refractivity contribution in [2.45, 2.75) is 32.4 Å². The molecule has 2 unspecified atom stereocenters. The first-order valence-electron chi connectivity index (χ1n) is 6.90. The van der Waals surface area contributed by atoms with Crippen molar-refractivity contribution in [2.24, 2.45) is 0 Å². The molecule has 102 valence electrons. The van der Waals surface area contributed by atoms with Gasteiger partial charge in [-0.15, -0.1) is 0 Å². The average molecular weight is 258 g/mol. The van der Waals surface area contributed by atoms with Gasteiger partial charge in [0, 0.05) is 24.9 Å². The summed E-state index contributed by atoms with van der Waals surface area (Å²) in [5.74, 6) is 0. The van der Waals surface area contributed by atoms with E-state index in [0.717, 1.165) is 13.0 Å². The standard InChI is InChI=1S/C16H22N2O/c1-4-15(19-3)16(18-5-2)14-8-6-7-12-11-17-10-9-13(12)14/h6-11,15-16,18H,4-5H2,1-3H3. The van der Waals surface area contributed by atoms with Crippen LogP contribution in [0.4, 0.5) is 0 Å². The van der Waals surface area contributed by atoms with Crippen molar-refractivity contribution in [3.8, 4) is 0 Å². The second kappa shape index (κ2) is 6.64. The van der Waals surface area contributed by atoms with Crippen molar-refractivity contribution < 1.29 is 4.74 Å². The number of methoxy groups -OCH3 is 1. The maximum Gasteiger partial charge on any atom is 0.0763 e. The molecule has 0 amide bonds. The van der Waals surface area contributed by atoms with Gasteiger partial charge in [0.1, 0.15) is 0 Å². The number of nitrogens with zero attached hydrogens (tertiary/aromatic N) is 1. The number of ether oxygens (including phenoxy) is 1. The lowest BCUT2D eigenvalue weighted by Crippen LogP contribution is -2.33. The molecule has 0 saturated carbocycles. The Bertz CT molecular complexity index is 518. The normalized spacial score (nSPS) is 14.5. The van der Waals surface area contributed by atoms with E-state index in [2.05, 4.69) is 48.4 Å². The lowest BCUT2D eigenvalue weighted by Gasteiger charge is -2.27. The summed E-state index contributed by atoms with van der Waals surface area (Å²) in [6, 6.07) is 8.66. The van der Waals surface area contributed by atoms with Gasteiger partial charge in [-0.05, 0) is 30.0 Å². The lowest BCUT2D eigenvalue weighted by atomic mass is 9.95. The predicted octanol–water partition coefficient (Wildman–Crippen LogP) is 3.31. The molecule has 0 aliphatic rings. The fourth-order valence-corrected chi connectivity index (χ4v) is 2.62. The predicted molar refractivity (Wildman–Crippen MR) is 79.2 cm³/mol. The lowest BCUT2D eigenvalue weighted by molar-refractivity contribution is 0.0660. The maximum atomic E-state index is 5.64. The summed E-state index contributed by atoms with van der Waals surface area (Å²) in [4.78, 5) is 4.19. The number of rotatable bonds is 6. The van der Waals surface area contributed by atoms with Gasteiger partial charge in [0.25, 0.3) is 0 Å². The van der Waals surface area contributed by atoms with Gasteiger partial charge >= 0.3 is 0 Å². The number of aromatic nitrogens is 1. The first-order chi connectivity index (χ1) is 9.31.